The van der Waals surface area contributed by atoms with E-state index in [-0.39, 0.29) is 36.8 Å². The van der Waals surface area contributed by atoms with Crippen molar-refractivity contribution in [2.45, 2.75) is 45.8 Å². The Bertz CT molecular complexity index is 1720. The molecule has 3 heterocycles. The van der Waals surface area contributed by atoms with E-state index in [0.717, 1.165) is 10.6 Å². The topological polar surface area (TPSA) is 169 Å². The molecule has 2 amide bonds. The molecule has 1 fully saturated rings. The van der Waals surface area contributed by atoms with Crippen LogP contribution >= 0.6 is 11.6 Å². The fourth-order valence-electron chi connectivity index (χ4n) is 4.42. The van der Waals surface area contributed by atoms with Crippen molar-refractivity contribution in [2.24, 2.45) is 0 Å². The highest BCUT2D eigenvalue weighted by molar-refractivity contribution is 7.91. The molecule has 0 saturated carbocycles. The van der Waals surface area contributed by atoms with E-state index in [1.54, 1.807) is 45.0 Å². The minimum Gasteiger partial charge on any atom is -0.444 e. The lowest BCUT2D eigenvalue weighted by molar-refractivity contribution is 0.0635. The molecule has 0 aliphatic carbocycles. The smallest absolute Gasteiger partial charge is 0.413 e. The molecule has 3 aromatic rings. The third kappa shape index (κ3) is 7.47. The molecule has 0 bridgehead atoms. The van der Waals surface area contributed by atoms with Crippen LogP contribution in [0.4, 0.5) is 16.3 Å². The molecule has 13 nitrogen and oxygen atoms in total. The Balaban J connectivity index is 1.89. The van der Waals surface area contributed by atoms with Crippen LogP contribution < -0.4 is 19.1 Å². The van der Waals surface area contributed by atoms with Crippen molar-refractivity contribution in [3.05, 3.63) is 52.8 Å². The summed E-state index contributed by atoms with van der Waals surface area (Å²) in [7, 11) is -8.11. The summed E-state index contributed by atoms with van der Waals surface area (Å²) in [6, 6.07) is 7.94. The first-order valence-electron chi connectivity index (χ1n) is 12.6. The predicted octanol–water partition coefficient (Wildman–Crippen LogP) is 3.21. The lowest BCUT2D eigenvalue weighted by Crippen LogP contribution is -2.41. The van der Waals surface area contributed by atoms with Gasteiger partial charge < -0.3 is 9.30 Å². The fraction of sp³-hybridized carbons (Fsp3) is 0.400. The number of hydrogen-bond acceptors (Lipinski definition) is 8. The van der Waals surface area contributed by atoms with Crippen LogP contribution in [0.1, 0.15) is 49.7 Å². The van der Waals surface area contributed by atoms with Gasteiger partial charge in [0.2, 0.25) is 10.0 Å². The number of benzene rings is 1. The van der Waals surface area contributed by atoms with Gasteiger partial charge in [0.1, 0.15) is 17.1 Å². The molecular weight excluding hydrogens is 596 g/mol. The molecular formula is C25H31ClN6O7S2. The maximum absolute atomic E-state index is 13.6. The van der Waals surface area contributed by atoms with Crippen molar-refractivity contribution in [3.63, 3.8) is 0 Å². The number of rotatable bonds is 6. The van der Waals surface area contributed by atoms with Crippen LogP contribution in [-0.2, 0) is 31.5 Å². The van der Waals surface area contributed by atoms with Gasteiger partial charge in [-0.3, -0.25) is 14.4 Å². The van der Waals surface area contributed by atoms with Gasteiger partial charge in [-0.2, -0.15) is 13.1 Å². The molecule has 1 aliphatic heterocycles. The molecule has 0 atom stereocenters. The van der Waals surface area contributed by atoms with Gasteiger partial charge in [0.25, 0.3) is 5.91 Å². The van der Waals surface area contributed by atoms with Crippen molar-refractivity contribution >= 4 is 66.2 Å². The third-order valence-corrected chi connectivity index (χ3v) is 8.20. The molecule has 4 rings (SSSR count). The number of amides is 2. The van der Waals surface area contributed by atoms with Crippen LogP contribution in [-0.4, -0.2) is 63.3 Å². The van der Waals surface area contributed by atoms with Gasteiger partial charge in [-0.25, -0.2) is 22.9 Å². The van der Waals surface area contributed by atoms with Gasteiger partial charge in [0, 0.05) is 36.2 Å². The number of pyridine rings is 1. The minimum atomic E-state index is -4.09. The second-order valence-corrected chi connectivity index (χ2v) is 14.4. The quantitative estimate of drug-likeness (QED) is 0.375. The molecule has 0 radical (unpaired) electrons. The Labute approximate surface area is 243 Å². The van der Waals surface area contributed by atoms with Crippen molar-refractivity contribution in [3.8, 4) is 0 Å². The van der Waals surface area contributed by atoms with Crippen molar-refractivity contribution in [1.29, 1.82) is 0 Å². The molecule has 1 aliphatic rings. The van der Waals surface area contributed by atoms with E-state index in [9.17, 15) is 26.4 Å². The van der Waals surface area contributed by atoms with Gasteiger partial charge in [0.15, 0.2) is 0 Å². The molecule has 2 aromatic heterocycles. The predicted molar refractivity (Wildman–Crippen MR) is 156 cm³/mol. The number of carbonyl (C=O) groups is 2. The third-order valence-electron chi connectivity index (χ3n) is 5.90. The number of nitrogens with one attached hydrogen (secondary N) is 3. The highest BCUT2D eigenvalue weighted by atomic mass is 35.5. The number of carbonyl (C=O) groups excluding carboxylic acids is 2. The summed E-state index contributed by atoms with van der Waals surface area (Å²) in [6.07, 6.45) is 2.64. The van der Waals surface area contributed by atoms with Crippen LogP contribution in [0.15, 0.2) is 36.5 Å². The average molecular weight is 627 g/mol. The Morgan fingerprint density at radius 1 is 1.17 bits per heavy atom. The van der Waals surface area contributed by atoms with E-state index in [2.05, 4.69) is 15.0 Å². The van der Waals surface area contributed by atoms with E-state index in [1.807, 2.05) is 4.72 Å². The van der Waals surface area contributed by atoms with Crippen molar-refractivity contribution < 1.29 is 31.2 Å². The van der Waals surface area contributed by atoms with E-state index in [0.29, 0.717) is 34.3 Å². The fourth-order valence-corrected chi connectivity index (χ4v) is 6.37. The zero-order valence-electron chi connectivity index (χ0n) is 22.9. The Morgan fingerprint density at radius 2 is 1.90 bits per heavy atom. The number of sulfonamides is 1. The largest absolute Gasteiger partial charge is 0.444 e. The van der Waals surface area contributed by atoms with E-state index >= 15 is 0 Å². The van der Waals surface area contributed by atoms with Gasteiger partial charge in [-0.15, -0.1) is 0 Å². The van der Waals surface area contributed by atoms with Gasteiger partial charge in [-0.1, -0.05) is 11.6 Å². The Morgan fingerprint density at radius 3 is 2.59 bits per heavy atom. The Hall–Kier alpha value is -3.40. The molecule has 41 heavy (non-hydrogen) atoms. The Kier molecular flexibility index (Phi) is 8.55. The molecule has 3 N–H and O–H groups in total. The standard InChI is InChI=1S/C25H31ClN6O7S2/c1-25(2,3)39-24(34)29-20-13-16(9-11-27-20)15-31-19-8-7-17(26)14-18(19)21(22(31)23(33)30-40(4,35)36)32-12-6-5-10-28-41(32,37)38/h7-9,11,13-14,28H,5-6,10,12,15H2,1-4H3,(H,30,33)(H,27,29,34). The van der Waals surface area contributed by atoms with Gasteiger partial charge in [0.05, 0.1) is 17.5 Å². The molecule has 0 spiro atoms. The zero-order valence-corrected chi connectivity index (χ0v) is 25.3. The first kappa shape index (κ1) is 30.6. The number of nitrogens with zero attached hydrogens (tertiary/aromatic N) is 3. The molecule has 0 unspecified atom stereocenters. The number of aromatic nitrogens is 2. The van der Waals surface area contributed by atoms with Crippen LogP contribution in [0.5, 0.6) is 0 Å². The first-order chi connectivity index (χ1) is 19.0. The number of halogens is 1. The van der Waals surface area contributed by atoms with Crippen molar-refractivity contribution in [2.75, 3.05) is 29.0 Å². The lowest BCUT2D eigenvalue weighted by Gasteiger charge is -2.23. The zero-order chi connectivity index (χ0) is 30.2. The summed E-state index contributed by atoms with van der Waals surface area (Å²) in [5, 5.41) is 3.19. The van der Waals surface area contributed by atoms with Gasteiger partial charge >= 0.3 is 16.3 Å². The highest BCUT2D eigenvalue weighted by Gasteiger charge is 2.34. The maximum atomic E-state index is 13.6. The summed E-state index contributed by atoms with van der Waals surface area (Å²) in [6.45, 7) is 5.42. The van der Waals surface area contributed by atoms with Crippen LogP contribution in [0.2, 0.25) is 5.02 Å². The number of fused-ring (bicyclic) bond motifs is 1. The SMILES string of the molecule is CC(C)(C)OC(=O)Nc1cc(Cn2c(C(=O)NS(C)(=O)=O)c(N3CCCCNS3(=O)=O)c3cc(Cl)ccc32)ccn1. The number of hydrogen-bond donors (Lipinski definition) is 3. The van der Waals surface area contributed by atoms with Gasteiger partial charge in [-0.05, 0) is 69.5 Å². The molecule has 1 saturated heterocycles. The summed E-state index contributed by atoms with van der Waals surface area (Å²) in [5.41, 5.74) is 0.0710. The molecule has 222 valence electrons. The van der Waals surface area contributed by atoms with E-state index in [4.69, 9.17) is 16.3 Å². The molecule has 1 aromatic carbocycles. The van der Waals surface area contributed by atoms with Crippen LogP contribution in [0.3, 0.4) is 0 Å². The molecule has 16 heteroatoms. The number of ether oxygens (including phenoxy) is 1. The maximum Gasteiger partial charge on any atom is 0.413 e. The number of anilines is 2. The second-order valence-electron chi connectivity index (χ2n) is 10.5. The monoisotopic (exact) mass is 626 g/mol. The van der Waals surface area contributed by atoms with Crippen LogP contribution in [0.25, 0.3) is 10.9 Å². The first-order valence-corrected chi connectivity index (χ1v) is 16.3. The van der Waals surface area contributed by atoms with Crippen LogP contribution in [0, 0.1) is 0 Å². The van der Waals surface area contributed by atoms with E-state index < -0.39 is 37.8 Å². The summed E-state index contributed by atoms with van der Waals surface area (Å²) < 4.78 is 63.1. The normalized spacial score (nSPS) is 15.8. The second kappa shape index (κ2) is 11.5. The minimum absolute atomic E-state index is 0.000732. The average Bonchev–Trinajstić information content (AvgIpc) is 2.99. The summed E-state index contributed by atoms with van der Waals surface area (Å²) >= 11 is 6.31. The summed E-state index contributed by atoms with van der Waals surface area (Å²) in [5.74, 6) is -0.839. The van der Waals surface area contributed by atoms with Crippen molar-refractivity contribution in [1.82, 2.24) is 19.0 Å². The summed E-state index contributed by atoms with van der Waals surface area (Å²) in [4.78, 5) is 30.0. The highest BCUT2D eigenvalue weighted by Crippen LogP contribution is 2.38. The lowest BCUT2D eigenvalue weighted by atomic mass is 10.2. The van der Waals surface area contributed by atoms with E-state index in [1.165, 1.54) is 16.8 Å².